The molecule has 1 aromatic carbocycles. The summed E-state index contributed by atoms with van der Waals surface area (Å²) in [7, 11) is 0. The van der Waals surface area contributed by atoms with Gasteiger partial charge in [-0.2, -0.15) is 0 Å². The quantitative estimate of drug-likeness (QED) is 0.810. The van der Waals surface area contributed by atoms with E-state index in [0.717, 1.165) is 6.42 Å². The predicted molar refractivity (Wildman–Crippen MR) is 78.2 cm³/mol. The maximum Gasteiger partial charge on any atom is 0.251 e. The molecule has 0 aromatic heterocycles. The summed E-state index contributed by atoms with van der Waals surface area (Å²) in [5, 5.41) is 2.92. The third-order valence-corrected chi connectivity index (χ3v) is 3.84. The van der Waals surface area contributed by atoms with Gasteiger partial charge in [-0.05, 0) is 38.5 Å². The van der Waals surface area contributed by atoms with Crippen molar-refractivity contribution in [2.75, 3.05) is 13.2 Å². The molecule has 1 amide bonds. The van der Waals surface area contributed by atoms with Crippen molar-refractivity contribution >= 4 is 5.91 Å². The molecule has 1 aromatic rings. The number of benzene rings is 1. The minimum atomic E-state index is -0.524. The molecule has 0 bridgehead atoms. The lowest BCUT2D eigenvalue weighted by Crippen LogP contribution is -2.50. The first-order chi connectivity index (χ1) is 9.96. The van der Waals surface area contributed by atoms with E-state index in [-0.39, 0.29) is 29.7 Å². The van der Waals surface area contributed by atoms with Crippen molar-refractivity contribution in [2.45, 2.75) is 31.9 Å². The fraction of sp³-hybridized carbons (Fsp3) is 0.438. The zero-order valence-corrected chi connectivity index (χ0v) is 12.2. The maximum absolute atomic E-state index is 13.9. The van der Waals surface area contributed by atoms with Gasteiger partial charge in [-0.15, -0.1) is 0 Å². The van der Waals surface area contributed by atoms with Gasteiger partial charge in [-0.25, -0.2) is 4.39 Å². The number of rotatable bonds is 2. The topological polar surface area (TPSA) is 64.3 Å². The van der Waals surface area contributed by atoms with Crippen LogP contribution in [0, 0.1) is 17.7 Å². The Labute approximate surface area is 123 Å². The number of carbonyl (C=O) groups excluding carboxylic acids is 1. The third kappa shape index (κ3) is 3.41. The summed E-state index contributed by atoms with van der Waals surface area (Å²) in [6.07, 6.45) is 0.670. The summed E-state index contributed by atoms with van der Waals surface area (Å²) in [5.74, 6) is 4.37. The second kappa shape index (κ2) is 6.25. The number of nitrogens with two attached hydrogens (primary N) is 1. The summed E-state index contributed by atoms with van der Waals surface area (Å²) < 4.78 is 19.3. The Hall–Kier alpha value is -1.90. The van der Waals surface area contributed by atoms with Crippen LogP contribution in [0.15, 0.2) is 18.2 Å². The fourth-order valence-electron chi connectivity index (χ4n) is 2.23. The normalized spacial score (nSPS) is 24.3. The van der Waals surface area contributed by atoms with Gasteiger partial charge in [0.2, 0.25) is 0 Å². The van der Waals surface area contributed by atoms with Gasteiger partial charge in [-0.3, -0.25) is 4.79 Å². The van der Waals surface area contributed by atoms with Crippen molar-refractivity contribution in [3.05, 3.63) is 35.1 Å². The van der Waals surface area contributed by atoms with E-state index in [0.29, 0.717) is 6.61 Å². The first-order valence-electron chi connectivity index (χ1n) is 6.89. The molecule has 3 N–H and O–H groups in total. The van der Waals surface area contributed by atoms with Crippen LogP contribution in [-0.2, 0) is 4.74 Å². The predicted octanol–water partition coefficient (Wildman–Crippen LogP) is 1.43. The van der Waals surface area contributed by atoms with Gasteiger partial charge in [0.1, 0.15) is 5.82 Å². The molecule has 1 fully saturated rings. The molecule has 5 heteroatoms. The Morgan fingerprint density at radius 1 is 1.62 bits per heavy atom. The molecular weight excluding hydrogens is 271 g/mol. The van der Waals surface area contributed by atoms with E-state index in [2.05, 4.69) is 17.2 Å². The fourth-order valence-corrected chi connectivity index (χ4v) is 2.23. The lowest BCUT2D eigenvalue weighted by Gasteiger charge is -2.28. The molecule has 2 rings (SSSR count). The van der Waals surface area contributed by atoms with Crippen LogP contribution in [0.25, 0.3) is 0 Å². The lowest BCUT2D eigenvalue weighted by atomic mass is 9.94. The van der Waals surface area contributed by atoms with Crippen LogP contribution in [0.1, 0.15) is 36.2 Å². The Balaban J connectivity index is 2.15. The van der Waals surface area contributed by atoms with E-state index < -0.39 is 11.4 Å². The highest BCUT2D eigenvalue weighted by Crippen LogP contribution is 2.25. The molecule has 4 nitrogen and oxygen atoms in total. The van der Waals surface area contributed by atoms with Crippen molar-refractivity contribution < 1.29 is 13.9 Å². The van der Waals surface area contributed by atoms with Gasteiger partial charge in [0, 0.05) is 12.2 Å². The molecule has 21 heavy (non-hydrogen) atoms. The van der Waals surface area contributed by atoms with Gasteiger partial charge in [0.05, 0.1) is 23.8 Å². The molecule has 2 atom stereocenters. The summed E-state index contributed by atoms with van der Waals surface area (Å²) in [6.45, 7) is 4.62. The minimum Gasteiger partial charge on any atom is -0.376 e. The lowest BCUT2D eigenvalue weighted by molar-refractivity contribution is 0.0727. The van der Waals surface area contributed by atoms with Gasteiger partial charge in [0.25, 0.3) is 5.91 Å². The van der Waals surface area contributed by atoms with Gasteiger partial charge in [-0.1, -0.05) is 11.8 Å². The Morgan fingerprint density at radius 2 is 2.38 bits per heavy atom. The molecule has 1 heterocycles. The highest BCUT2D eigenvalue weighted by atomic mass is 19.1. The molecule has 0 aliphatic carbocycles. The SMILES string of the molecule is CC1OCCC1(C)NC(=O)c1ccc(C#CCN)c(F)c1. The van der Waals surface area contributed by atoms with E-state index in [9.17, 15) is 9.18 Å². The molecule has 0 spiro atoms. The Bertz CT molecular complexity index is 606. The van der Waals surface area contributed by atoms with Crippen LogP contribution in [0.4, 0.5) is 4.39 Å². The smallest absolute Gasteiger partial charge is 0.251 e. The van der Waals surface area contributed by atoms with Crippen LogP contribution in [0.2, 0.25) is 0 Å². The van der Waals surface area contributed by atoms with Crippen molar-refractivity contribution in [1.29, 1.82) is 0 Å². The number of hydrogen-bond donors (Lipinski definition) is 2. The summed E-state index contributed by atoms with van der Waals surface area (Å²) >= 11 is 0. The van der Waals surface area contributed by atoms with Crippen molar-refractivity contribution in [2.24, 2.45) is 5.73 Å². The number of carbonyl (C=O) groups is 1. The van der Waals surface area contributed by atoms with Crippen LogP contribution in [0.5, 0.6) is 0 Å². The summed E-state index contributed by atoms with van der Waals surface area (Å²) in [5.41, 5.74) is 5.33. The average molecular weight is 290 g/mol. The second-order valence-electron chi connectivity index (χ2n) is 5.34. The maximum atomic E-state index is 13.9. The molecular formula is C16H19FN2O2. The number of halogens is 1. The third-order valence-electron chi connectivity index (χ3n) is 3.84. The van der Waals surface area contributed by atoms with E-state index in [4.69, 9.17) is 10.5 Å². The highest BCUT2D eigenvalue weighted by Gasteiger charge is 2.38. The highest BCUT2D eigenvalue weighted by molar-refractivity contribution is 5.94. The molecule has 1 aliphatic heterocycles. The monoisotopic (exact) mass is 290 g/mol. The average Bonchev–Trinajstić information content (AvgIpc) is 2.77. The van der Waals surface area contributed by atoms with Crippen molar-refractivity contribution in [1.82, 2.24) is 5.32 Å². The van der Waals surface area contributed by atoms with Gasteiger partial charge >= 0.3 is 0 Å². The number of amides is 1. The van der Waals surface area contributed by atoms with E-state index >= 15 is 0 Å². The van der Waals surface area contributed by atoms with Crippen molar-refractivity contribution in [3.8, 4) is 11.8 Å². The number of nitrogens with one attached hydrogen (secondary N) is 1. The van der Waals surface area contributed by atoms with E-state index in [1.54, 1.807) is 6.07 Å². The van der Waals surface area contributed by atoms with E-state index in [1.807, 2.05) is 13.8 Å². The second-order valence-corrected chi connectivity index (χ2v) is 5.34. The van der Waals surface area contributed by atoms with Crippen molar-refractivity contribution in [3.63, 3.8) is 0 Å². The molecule has 0 radical (unpaired) electrons. The molecule has 1 aliphatic rings. The van der Waals surface area contributed by atoms with Crippen LogP contribution in [0.3, 0.4) is 0 Å². The Kier molecular flexibility index (Phi) is 4.61. The van der Waals surface area contributed by atoms with Crippen LogP contribution >= 0.6 is 0 Å². The Morgan fingerprint density at radius 3 is 2.95 bits per heavy atom. The summed E-state index contributed by atoms with van der Waals surface area (Å²) in [6, 6.07) is 4.24. The zero-order valence-electron chi connectivity index (χ0n) is 12.2. The zero-order chi connectivity index (χ0) is 15.5. The van der Waals surface area contributed by atoms with Gasteiger partial charge in [0.15, 0.2) is 0 Å². The summed E-state index contributed by atoms with van der Waals surface area (Å²) in [4.78, 5) is 12.2. The minimum absolute atomic E-state index is 0.0685. The first-order valence-corrected chi connectivity index (χ1v) is 6.89. The van der Waals surface area contributed by atoms with E-state index in [1.165, 1.54) is 12.1 Å². The molecule has 1 saturated heterocycles. The molecule has 2 unspecified atom stereocenters. The number of hydrogen-bond acceptors (Lipinski definition) is 3. The largest absolute Gasteiger partial charge is 0.376 e. The molecule has 112 valence electrons. The van der Waals surface area contributed by atoms with Crippen LogP contribution < -0.4 is 11.1 Å². The first kappa shape index (κ1) is 15.5. The van der Waals surface area contributed by atoms with Crippen LogP contribution in [-0.4, -0.2) is 30.7 Å². The number of ether oxygens (including phenoxy) is 1. The molecule has 0 saturated carbocycles. The van der Waals surface area contributed by atoms with Gasteiger partial charge < -0.3 is 15.8 Å². The standard InChI is InChI=1S/C16H19FN2O2/c1-11-16(2,7-9-21-11)19-15(20)13-6-5-12(4-3-8-18)14(17)10-13/h5-6,10-11H,7-9,18H2,1-2H3,(H,19,20).